The Morgan fingerprint density at radius 1 is 1.19 bits per heavy atom. The minimum absolute atomic E-state index is 0.139. The molecular weight excluding hydrogens is 266 g/mol. The minimum atomic E-state index is -0.139. The van der Waals surface area contributed by atoms with Crippen LogP contribution in [0.5, 0.6) is 5.75 Å². The minimum Gasteiger partial charge on any atom is -0.491 e. The molecule has 1 aromatic heterocycles. The number of pyridine rings is 1. The highest BCUT2D eigenvalue weighted by Gasteiger charge is 2.05. The second kappa shape index (κ2) is 7.62. The average molecular weight is 287 g/mol. The summed E-state index contributed by atoms with van der Waals surface area (Å²) in [6.07, 6.45) is 2.04. The summed E-state index contributed by atoms with van der Waals surface area (Å²) in [6.45, 7) is 4.80. The van der Waals surface area contributed by atoms with Gasteiger partial charge in [-0.2, -0.15) is 0 Å². The number of aromatic nitrogens is 1. The second-order valence-electron chi connectivity index (χ2n) is 4.89. The molecule has 0 aliphatic carbocycles. The van der Waals surface area contributed by atoms with E-state index in [0.29, 0.717) is 19.6 Å². The van der Waals surface area contributed by atoms with E-state index in [1.165, 1.54) is 0 Å². The summed E-state index contributed by atoms with van der Waals surface area (Å²) in [7, 11) is 0. The quantitative estimate of drug-likeness (QED) is 0.576. The van der Waals surface area contributed by atoms with Crippen LogP contribution in [0.4, 0.5) is 0 Å². The van der Waals surface area contributed by atoms with E-state index in [1.54, 1.807) is 0 Å². The lowest BCUT2D eigenvalue weighted by atomic mass is 10.2. The Balaban J connectivity index is 1.86. The molecule has 1 aromatic carbocycles. The first-order chi connectivity index (χ1) is 10.2. The highest BCUT2D eigenvalue weighted by Crippen LogP contribution is 2.24. The van der Waals surface area contributed by atoms with Crippen molar-refractivity contribution in [3.8, 4) is 5.75 Å². The van der Waals surface area contributed by atoms with E-state index in [2.05, 4.69) is 4.98 Å². The van der Waals surface area contributed by atoms with Gasteiger partial charge < -0.3 is 9.47 Å². The van der Waals surface area contributed by atoms with E-state index in [-0.39, 0.29) is 5.97 Å². The number of aryl methyl sites for hydroxylation is 1. The fraction of sp³-hybridized carbons (Fsp3) is 0.412. The number of rotatable bonds is 7. The van der Waals surface area contributed by atoms with Gasteiger partial charge in [-0.05, 0) is 38.8 Å². The molecule has 112 valence electrons. The van der Waals surface area contributed by atoms with Gasteiger partial charge in [0.15, 0.2) is 0 Å². The third-order valence-corrected chi connectivity index (χ3v) is 3.16. The largest absolute Gasteiger partial charge is 0.491 e. The predicted molar refractivity (Wildman–Crippen MR) is 82.5 cm³/mol. The van der Waals surface area contributed by atoms with E-state index in [9.17, 15) is 4.79 Å². The predicted octanol–water partition coefficient (Wildman–Crippen LogP) is 3.66. The van der Waals surface area contributed by atoms with Gasteiger partial charge >= 0.3 is 5.97 Å². The van der Waals surface area contributed by atoms with Crippen LogP contribution in [-0.2, 0) is 9.53 Å². The number of carbonyl (C=O) groups is 1. The van der Waals surface area contributed by atoms with Crippen molar-refractivity contribution in [3.05, 3.63) is 36.0 Å². The number of hydrogen-bond donors (Lipinski definition) is 0. The Morgan fingerprint density at radius 2 is 2.05 bits per heavy atom. The number of hydrogen-bond acceptors (Lipinski definition) is 4. The maximum absolute atomic E-state index is 11.2. The van der Waals surface area contributed by atoms with Crippen LogP contribution in [-0.4, -0.2) is 24.2 Å². The molecule has 0 fully saturated rings. The van der Waals surface area contributed by atoms with Gasteiger partial charge in [0.1, 0.15) is 11.3 Å². The van der Waals surface area contributed by atoms with Gasteiger partial charge in [0.2, 0.25) is 0 Å². The monoisotopic (exact) mass is 287 g/mol. The topological polar surface area (TPSA) is 48.4 Å². The fourth-order valence-corrected chi connectivity index (χ4v) is 2.12. The zero-order chi connectivity index (χ0) is 15.1. The molecular formula is C17H21NO3. The Kier molecular flexibility index (Phi) is 5.55. The van der Waals surface area contributed by atoms with Crippen molar-refractivity contribution in [1.82, 2.24) is 4.98 Å². The Bertz CT molecular complexity index is 610. The van der Waals surface area contributed by atoms with Crippen LogP contribution >= 0.6 is 0 Å². The van der Waals surface area contributed by atoms with Gasteiger partial charge in [0.25, 0.3) is 0 Å². The molecule has 4 nitrogen and oxygen atoms in total. The molecule has 0 amide bonds. The molecule has 4 heteroatoms. The first-order valence-corrected chi connectivity index (χ1v) is 7.35. The maximum Gasteiger partial charge on any atom is 0.305 e. The summed E-state index contributed by atoms with van der Waals surface area (Å²) in [5.41, 5.74) is 1.86. The van der Waals surface area contributed by atoms with Gasteiger partial charge in [-0.3, -0.25) is 4.79 Å². The molecule has 0 radical (unpaired) electrons. The molecule has 0 aliphatic rings. The summed E-state index contributed by atoms with van der Waals surface area (Å²) in [5, 5.41) is 1.07. The maximum atomic E-state index is 11.2. The third kappa shape index (κ3) is 4.45. The van der Waals surface area contributed by atoms with Crippen LogP contribution in [0.3, 0.4) is 0 Å². The molecule has 2 aromatic rings. The van der Waals surface area contributed by atoms with Crippen molar-refractivity contribution < 1.29 is 14.3 Å². The molecule has 0 N–H and O–H groups in total. The summed E-state index contributed by atoms with van der Waals surface area (Å²) >= 11 is 0. The smallest absolute Gasteiger partial charge is 0.305 e. The molecule has 0 bridgehead atoms. The van der Waals surface area contributed by atoms with Gasteiger partial charge in [-0.1, -0.05) is 18.2 Å². The summed E-state index contributed by atoms with van der Waals surface area (Å²) in [5.74, 6) is 0.660. The molecule has 1 heterocycles. The van der Waals surface area contributed by atoms with Crippen molar-refractivity contribution in [1.29, 1.82) is 0 Å². The standard InChI is InChI=1S/C17H21NO3/c1-3-20-16(19)9-4-5-12-21-15-8-6-7-14-11-10-13(2)18-17(14)15/h6-8,10-11H,3-5,9,12H2,1-2H3. The molecule has 0 saturated carbocycles. The first kappa shape index (κ1) is 15.3. The third-order valence-electron chi connectivity index (χ3n) is 3.16. The SMILES string of the molecule is CCOC(=O)CCCCOc1cccc2ccc(C)nc12. The van der Waals surface area contributed by atoms with Crippen molar-refractivity contribution in [2.75, 3.05) is 13.2 Å². The number of esters is 1. The lowest BCUT2D eigenvalue weighted by Crippen LogP contribution is -2.05. The van der Waals surface area contributed by atoms with E-state index in [0.717, 1.165) is 35.2 Å². The zero-order valence-corrected chi connectivity index (χ0v) is 12.6. The van der Waals surface area contributed by atoms with Crippen LogP contribution in [0.25, 0.3) is 10.9 Å². The normalized spacial score (nSPS) is 10.6. The highest BCUT2D eigenvalue weighted by atomic mass is 16.5. The van der Waals surface area contributed by atoms with Gasteiger partial charge in [0.05, 0.1) is 13.2 Å². The van der Waals surface area contributed by atoms with Crippen molar-refractivity contribution >= 4 is 16.9 Å². The van der Waals surface area contributed by atoms with Crippen LogP contribution in [0.2, 0.25) is 0 Å². The van der Waals surface area contributed by atoms with E-state index < -0.39 is 0 Å². The Hall–Kier alpha value is -2.10. The van der Waals surface area contributed by atoms with Crippen LogP contribution in [0.1, 0.15) is 31.9 Å². The lowest BCUT2D eigenvalue weighted by molar-refractivity contribution is -0.143. The molecule has 0 saturated heterocycles. The summed E-state index contributed by atoms with van der Waals surface area (Å²) < 4.78 is 10.7. The summed E-state index contributed by atoms with van der Waals surface area (Å²) in [6, 6.07) is 9.96. The number of para-hydroxylation sites is 1. The lowest BCUT2D eigenvalue weighted by Gasteiger charge is -2.09. The summed E-state index contributed by atoms with van der Waals surface area (Å²) in [4.78, 5) is 15.7. The van der Waals surface area contributed by atoms with E-state index in [1.807, 2.05) is 44.2 Å². The fourth-order valence-electron chi connectivity index (χ4n) is 2.12. The molecule has 0 atom stereocenters. The van der Waals surface area contributed by atoms with Gasteiger partial charge in [-0.25, -0.2) is 4.98 Å². The van der Waals surface area contributed by atoms with Crippen molar-refractivity contribution in [2.24, 2.45) is 0 Å². The number of nitrogens with zero attached hydrogens (tertiary/aromatic N) is 1. The van der Waals surface area contributed by atoms with Gasteiger partial charge in [0, 0.05) is 17.5 Å². The number of benzene rings is 1. The van der Waals surface area contributed by atoms with Crippen LogP contribution < -0.4 is 4.74 Å². The number of ether oxygens (including phenoxy) is 2. The second-order valence-corrected chi connectivity index (χ2v) is 4.89. The molecule has 0 spiro atoms. The zero-order valence-electron chi connectivity index (χ0n) is 12.6. The Labute approximate surface area is 125 Å². The van der Waals surface area contributed by atoms with Crippen LogP contribution in [0, 0.1) is 6.92 Å². The van der Waals surface area contributed by atoms with Gasteiger partial charge in [-0.15, -0.1) is 0 Å². The van der Waals surface area contributed by atoms with Crippen LogP contribution in [0.15, 0.2) is 30.3 Å². The Morgan fingerprint density at radius 3 is 2.86 bits per heavy atom. The first-order valence-electron chi connectivity index (χ1n) is 7.35. The molecule has 0 unspecified atom stereocenters. The average Bonchev–Trinajstić information content (AvgIpc) is 2.47. The van der Waals surface area contributed by atoms with E-state index >= 15 is 0 Å². The molecule has 21 heavy (non-hydrogen) atoms. The number of carbonyl (C=O) groups excluding carboxylic acids is 1. The molecule has 2 rings (SSSR count). The highest BCUT2D eigenvalue weighted by molar-refractivity contribution is 5.84. The van der Waals surface area contributed by atoms with Crippen molar-refractivity contribution in [3.63, 3.8) is 0 Å². The molecule has 0 aliphatic heterocycles. The number of fused-ring (bicyclic) bond motifs is 1. The van der Waals surface area contributed by atoms with Crippen molar-refractivity contribution in [2.45, 2.75) is 33.1 Å². The number of unbranched alkanes of at least 4 members (excludes halogenated alkanes) is 1. The van der Waals surface area contributed by atoms with E-state index in [4.69, 9.17) is 9.47 Å².